The van der Waals surface area contributed by atoms with E-state index >= 15 is 0 Å². The summed E-state index contributed by atoms with van der Waals surface area (Å²) in [5.74, 6) is -0.604. The number of fused-ring (bicyclic) bond motifs is 1. The number of aryl methyl sites for hydroxylation is 1. The molecule has 0 atom stereocenters. The van der Waals surface area contributed by atoms with E-state index in [0.717, 1.165) is 5.56 Å². The summed E-state index contributed by atoms with van der Waals surface area (Å²) in [5, 5.41) is 0.451. The fraction of sp³-hybridized carbons (Fsp3) is 0.111. The topological polar surface area (TPSA) is 39.2 Å². The van der Waals surface area contributed by atoms with E-state index in [2.05, 4.69) is 0 Å². The van der Waals surface area contributed by atoms with Crippen LogP contribution in [0.2, 0.25) is 0 Å². The summed E-state index contributed by atoms with van der Waals surface area (Å²) in [6.07, 6.45) is 0. The zero-order valence-corrected chi connectivity index (χ0v) is 6.60. The second kappa shape index (κ2) is 2.24. The molecule has 0 aliphatic rings. The molecule has 0 unspecified atom stereocenters. The number of hydrogen-bond donors (Lipinski definition) is 1. The normalized spacial score (nSPS) is 10.8. The average Bonchev–Trinajstić information content (AvgIpc) is 2.32. The van der Waals surface area contributed by atoms with Gasteiger partial charge in [-0.15, -0.1) is 0 Å². The standard InChI is InChI=1S/C9H8FNO/c1-5-3-2-4-6-7(10)9(11)12-8(5)6/h2-4H,11H2,1H3. The molecule has 12 heavy (non-hydrogen) atoms. The summed E-state index contributed by atoms with van der Waals surface area (Å²) in [5.41, 5.74) is 6.71. The lowest BCUT2D eigenvalue weighted by atomic mass is 10.2. The Morgan fingerprint density at radius 3 is 2.83 bits per heavy atom. The third-order valence-electron chi connectivity index (χ3n) is 1.88. The quantitative estimate of drug-likeness (QED) is 0.651. The predicted molar refractivity (Wildman–Crippen MR) is 45.3 cm³/mol. The minimum absolute atomic E-state index is 0.140. The van der Waals surface area contributed by atoms with E-state index in [9.17, 15) is 4.39 Å². The van der Waals surface area contributed by atoms with Crippen LogP contribution in [0.25, 0.3) is 11.0 Å². The Hall–Kier alpha value is -1.51. The predicted octanol–water partition coefficient (Wildman–Crippen LogP) is 2.46. The molecule has 0 amide bonds. The van der Waals surface area contributed by atoms with Crippen molar-refractivity contribution in [2.75, 3.05) is 5.73 Å². The van der Waals surface area contributed by atoms with Crippen LogP contribution < -0.4 is 5.73 Å². The Balaban J connectivity index is 2.95. The van der Waals surface area contributed by atoms with Crippen LogP contribution in [-0.2, 0) is 0 Å². The minimum Gasteiger partial charge on any atom is -0.437 e. The highest BCUT2D eigenvalue weighted by atomic mass is 19.1. The molecule has 1 heterocycles. The number of hydrogen-bond acceptors (Lipinski definition) is 2. The maximum Gasteiger partial charge on any atom is 0.227 e. The Morgan fingerprint density at radius 2 is 2.17 bits per heavy atom. The average molecular weight is 165 g/mol. The molecule has 1 aromatic carbocycles. The van der Waals surface area contributed by atoms with Crippen molar-refractivity contribution in [2.24, 2.45) is 0 Å². The van der Waals surface area contributed by atoms with Gasteiger partial charge in [0.15, 0.2) is 5.82 Å². The molecule has 0 aliphatic carbocycles. The molecular formula is C9H8FNO. The lowest BCUT2D eigenvalue weighted by molar-refractivity contribution is 0.578. The van der Waals surface area contributed by atoms with Crippen LogP contribution in [0.15, 0.2) is 22.6 Å². The second-order valence-corrected chi connectivity index (χ2v) is 2.73. The first-order chi connectivity index (χ1) is 5.70. The fourth-order valence-corrected chi connectivity index (χ4v) is 1.25. The van der Waals surface area contributed by atoms with Crippen LogP contribution in [0, 0.1) is 12.7 Å². The Labute approximate surface area is 68.8 Å². The van der Waals surface area contributed by atoms with Crippen molar-refractivity contribution < 1.29 is 8.81 Å². The van der Waals surface area contributed by atoms with Crippen molar-refractivity contribution in [2.45, 2.75) is 6.92 Å². The first-order valence-electron chi connectivity index (χ1n) is 3.63. The van der Waals surface area contributed by atoms with Crippen molar-refractivity contribution in [3.63, 3.8) is 0 Å². The van der Waals surface area contributed by atoms with Gasteiger partial charge in [0.05, 0.1) is 5.39 Å². The van der Waals surface area contributed by atoms with Crippen LogP contribution in [0.5, 0.6) is 0 Å². The van der Waals surface area contributed by atoms with Crippen LogP contribution >= 0.6 is 0 Å². The molecule has 0 aliphatic heterocycles. The number of nitrogen functional groups attached to an aromatic ring is 1. The summed E-state index contributed by atoms with van der Waals surface area (Å²) < 4.78 is 18.2. The molecule has 2 nitrogen and oxygen atoms in total. The smallest absolute Gasteiger partial charge is 0.227 e. The zero-order chi connectivity index (χ0) is 8.72. The van der Waals surface area contributed by atoms with Gasteiger partial charge in [-0.3, -0.25) is 0 Å². The van der Waals surface area contributed by atoms with Gasteiger partial charge in [0, 0.05) is 0 Å². The van der Waals surface area contributed by atoms with Gasteiger partial charge in [0.2, 0.25) is 5.88 Å². The van der Waals surface area contributed by atoms with E-state index in [1.165, 1.54) is 0 Å². The fourth-order valence-electron chi connectivity index (χ4n) is 1.25. The van der Waals surface area contributed by atoms with Crippen LogP contribution in [0.1, 0.15) is 5.56 Å². The highest BCUT2D eigenvalue weighted by molar-refractivity contribution is 5.83. The summed E-state index contributed by atoms with van der Waals surface area (Å²) in [6.45, 7) is 1.85. The molecule has 0 bridgehead atoms. The number of halogens is 1. The molecule has 62 valence electrons. The van der Waals surface area contributed by atoms with Crippen molar-refractivity contribution in [3.8, 4) is 0 Å². The van der Waals surface area contributed by atoms with Crippen molar-refractivity contribution >= 4 is 16.9 Å². The number of anilines is 1. The SMILES string of the molecule is Cc1cccc2c(F)c(N)oc12. The molecule has 0 fully saturated rings. The summed E-state index contributed by atoms with van der Waals surface area (Å²) in [4.78, 5) is 0. The number of rotatable bonds is 0. The third-order valence-corrected chi connectivity index (χ3v) is 1.88. The molecular weight excluding hydrogens is 157 g/mol. The first kappa shape index (κ1) is 7.16. The Morgan fingerprint density at radius 1 is 1.42 bits per heavy atom. The van der Waals surface area contributed by atoms with Crippen molar-refractivity contribution in [1.29, 1.82) is 0 Å². The molecule has 0 radical (unpaired) electrons. The molecule has 0 spiro atoms. The number of nitrogens with two attached hydrogens (primary N) is 1. The van der Waals surface area contributed by atoms with Crippen LogP contribution in [-0.4, -0.2) is 0 Å². The van der Waals surface area contributed by atoms with Crippen LogP contribution in [0.3, 0.4) is 0 Å². The minimum atomic E-state index is -0.464. The van der Waals surface area contributed by atoms with Gasteiger partial charge in [0.25, 0.3) is 0 Å². The van der Waals surface area contributed by atoms with Gasteiger partial charge in [-0.2, -0.15) is 0 Å². The van der Waals surface area contributed by atoms with Crippen LogP contribution in [0.4, 0.5) is 10.3 Å². The highest BCUT2D eigenvalue weighted by Gasteiger charge is 2.11. The van der Waals surface area contributed by atoms with Crippen molar-refractivity contribution in [1.82, 2.24) is 0 Å². The van der Waals surface area contributed by atoms with E-state index < -0.39 is 5.82 Å². The maximum atomic E-state index is 13.1. The van der Waals surface area contributed by atoms with Gasteiger partial charge in [-0.1, -0.05) is 12.1 Å². The van der Waals surface area contributed by atoms with Gasteiger partial charge in [-0.05, 0) is 18.6 Å². The van der Waals surface area contributed by atoms with Gasteiger partial charge >= 0.3 is 0 Å². The zero-order valence-electron chi connectivity index (χ0n) is 6.60. The van der Waals surface area contributed by atoms with Gasteiger partial charge in [0.1, 0.15) is 5.58 Å². The third kappa shape index (κ3) is 0.794. The lowest BCUT2D eigenvalue weighted by Crippen LogP contribution is -1.82. The van der Waals surface area contributed by atoms with Gasteiger partial charge < -0.3 is 10.2 Å². The van der Waals surface area contributed by atoms with E-state index in [1.54, 1.807) is 12.1 Å². The molecule has 2 aromatic rings. The summed E-state index contributed by atoms with van der Waals surface area (Å²) >= 11 is 0. The largest absolute Gasteiger partial charge is 0.437 e. The molecule has 0 saturated heterocycles. The molecule has 2 N–H and O–H groups in total. The lowest BCUT2D eigenvalue weighted by Gasteiger charge is -1.90. The van der Waals surface area contributed by atoms with E-state index in [0.29, 0.717) is 11.0 Å². The molecule has 1 aromatic heterocycles. The monoisotopic (exact) mass is 165 g/mol. The van der Waals surface area contributed by atoms with E-state index in [4.69, 9.17) is 10.2 Å². The summed E-state index contributed by atoms with van der Waals surface area (Å²) in [7, 11) is 0. The molecule has 0 saturated carbocycles. The number of benzene rings is 1. The molecule has 2 rings (SSSR count). The van der Waals surface area contributed by atoms with E-state index in [-0.39, 0.29) is 5.88 Å². The van der Waals surface area contributed by atoms with Gasteiger partial charge in [-0.25, -0.2) is 4.39 Å². The maximum absolute atomic E-state index is 13.1. The number of furan rings is 1. The second-order valence-electron chi connectivity index (χ2n) is 2.73. The molecule has 3 heteroatoms. The Bertz CT molecular complexity index is 433. The summed E-state index contributed by atoms with van der Waals surface area (Å²) in [6, 6.07) is 5.28. The van der Waals surface area contributed by atoms with Crippen molar-refractivity contribution in [3.05, 3.63) is 29.6 Å². The first-order valence-corrected chi connectivity index (χ1v) is 3.63. The van der Waals surface area contributed by atoms with E-state index in [1.807, 2.05) is 13.0 Å². The number of para-hydroxylation sites is 1. The highest BCUT2D eigenvalue weighted by Crippen LogP contribution is 2.27. The Kier molecular flexibility index (Phi) is 1.33.